The number of nitrogens with two attached hydrogens (primary N) is 1. The summed E-state index contributed by atoms with van der Waals surface area (Å²) in [6, 6.07) is 1.99. The molecule has 0 saturated heterocycles. The zero-order valence-electron chi connectivity index (χ0n) is 13.1. The lowest BCUT2D eigenvalue weighted by Gasteiger charge is -2.15. The van der Waals surface area contributed by atoms with Crippen LogP contribution in [0.2, 0.25) is 0 Å². The Bertz CT molecular complexity index is 435. The van der Waals surface area contributed by atoms with Crippen molar-refractivity contribution in [1.82, 2.24) is 9.78 Å². The van der Waals surface area contributed by atoms with Gasteiger partial charge in [-0.2, -0.15) is 5.10 Å². The highest BCUT2D eigenvalue weighted by molar-refractivity contribution is 5.89. The molecule has 1 aromatic heterocycles. The summed E-state index contributed by atoms with van der Waals surface area (Å²) in [6.07, 6.45) is 2.02. The number of hydrogen-bond donors (Lipinski definition) is 2. The fourth-order valence-electron chi connectivity index (χ4n) is 1.84. The molecule has 5 nitrogen and oxygen atoms in total. The first-order chi connectivity index (χ1) is 8.67. The Kier molecular flexibility index (Phi) is 7.23. The van der Waals surface area contributed by atoms with E-state index in [1.165, 1.54) is 0 Å². The number of nitrogens with one attached hydrogen (secondary N) is 1. The number of amides is 1. The van der Waals surface area contributed by atoms with Gasteiger partial charge in [0, 0.05) is 25.6 Å². The van der Waals surface area contributed by atoms with Crippen molar-refractivity contribution in [2.24, 2.45) is 18.2 Å². The largest absolute Gasteiger partial charge is 0.328 e. The molecule has 0 aliphatic heterocycles. The van der Waals surface area contributed by atoms with Gasteiger partial charge in [0.15, 0.2) is 0 Å². The summed E-state index contributed by atoms with van der Waals surface area (Å²) in [7, 11) is 1.84. The summed E-state index contributed by atoms with van der Waals surface area (Å²) in [4.78, 5) is 11.8. The zero-order chi connectivity index (χ0) is 14.6. The Morgan fingerprint density at radius 1 is 1.50 bits per heavy atom. The fraction of sp³-hybridized carbons (Fsp3) is 0.714. The van der Waals surface area contributed by atoms with Crippen molar-refractivity contribution in [3.8, 4) is 0 Å². The molecule has 6 heteroatoms. The van der Waals surface area contributed by atoms with Crippen molar-refractivity contribution in [3.63, 3.8) is 0 Å². The molecule has 0 fully saturated rings. The molecule has 1 amide bonds. The lowest BCUT2D eigenvalue weighted by molar-refractivity contribution is -0.116. The van der Waals surface area contributed by atoms with Gasteiger partial charge < -0.3 is 11.1 Å². The SMILES string of the molecule is CC(N)CCC(=O)Nc1cc(CC(C)(C)C)nn1C.Cl. The molecule has 1 unspecified atom stereocenters. The van der Waals surface area contributed by atoms with E-state index in [4.69, 9.17) is 5.73 Å². The number of carbonyl (C=O) groups excluding carboxylic acids is 1. The minimum Gasteiger partial charge on any atom is -0.328 e. The van der Waals surface area contributed by atoms with Crippen LogP contribution in [0.3, 0.4) is 0 Å². The smallest absolute Gasteiger partial charge is 0.225 e. The number of anilines is 1. The third-order valence-corrected chi connectivity index (χ3v) is 2.74. The van der Waals surface area contributed by atoms with Crippen LogP contribution in [0.1, 0.15) is 46.2 Å². The van der Waals surface area contributed by atoms with E-state index in [1.807, 2.05) is 20.0 Å². The average Bonchev–Trinajstić information content (AvgIpc) is 2.53. The highest BCUT2D eigenvalue weighted by atomic mass is 35.5. The molecule has 0 aromatic carbocycles. The summed E-state index contributed by atoms with van der Waals surface area (Å²) in [5.74, 6) is 0.733. The predicted octanol–water partition coefficient (Wildman–Crippen LogP) is 2.50. The molecule has 0 spiro atoms. The molecule has 0 radical (unpaired) electrons. The second kappa shape index (κ2) is 7.64. The van der Waals surface area contributed by atoms with E-state index >= 15 is 0 Å². The second-order valence-corrected chi connectivity index (χ2v) is 6.45. The van der Waals surface area contributed by atoms with Crippen LogP contribution in [0.15, 0.2) is 6.07 Å². The average molecular weight is 303 g/mol. The first-order valence-corrected chi connectivity index (χ1v) is 6.76. The summed E-state index contributed by atoms with van der Waals surface area (Å²) >= 11 is 0. The van der Waals surface area contributed by atoms with Crippen LogP contribution >= 0.6 is 12.4 Å². The van der Waals surface area contributed by atoms with Crippen LogP contribution in [0, 0.1) is 5.41 Å². The molecular weight excluding hydrogens is 276 g/mol. The van der Waals surface area contributed by atoms with E-state index in [-0.39, 0.29) is 29.8 Å². The maximum absolute atomic E-state index is 11.8. The van der Waals surface area contributed by atoms with Gasteiger partial charge in [0.2, 0.25) is 5.91 Å². The standard InChI is InChI=1S/C14H26N4O.ClH/c1-10(15)6-7-13(19)16-12-8-11(17-18(12)5)9-14(2,3)4;/h8,10H,6-7,9,15H2,1-5H3,(H,16,19);1H. The molecular formula is C14H27ClN4O. The number of carbonyl (C=O) groups is 1. The molecule has 1 heterocycles. The Labute approximate surface area is 127 Å². The van der Waals surface area contributed by atoms with E-state index < -0.39 is 0 Å². The molecule has 3 N–H and O–H groups in total. The van der Waals surface area contributed by atoms with Crippen molar-refractivity contribution in [2.45, 2.75) is 53.0 Å². The minimum atomic E-state index is -0.0115. The molecule has 20 heavy (non-hydrogen) atoms. The van der Waals surface area contributed by atoms with Gasteiger partial charge in [-0.25, -0.2) is 0 Å². The van der Waals surface area contributed by atoms with Crippen molar-refractivity contribution >= 4 is 24.1 Å². The van der Waals surface area contributed by atoms with E-state index in [0.717, 1.165) is 17.9 Å². The molecule has 0 bridgehead atoms. The first kappa shape index (κ1) is 18.9. The Morgan fingerprint density at radius 2 is 2.10 bits per heavy atom. The number of hydrogen-bond acceptors (Lipinski definition) is 3. The third kappa shape index (κ3) is 6.91. The summed E-state index contributed by atoms with van der Waals surface area (Å²) in [6.45, 7) is 8.41. The molecule has 116 valence electrons. The number of aryl methyl sites for hydroxylation is 1. The molecule has 1 rings (SSSR count). The summed E-state index contributed by atoms with van der Waals surface area (Å²) in [5.41, 5.74) is 6.82. The molecule has 0 aliphatic carbocycles. The van der Waals surface area contributed by atoms with Gasteiger partial charge in [-0.3, -0.25) is 9.48 Å². The maximum Gasteiger partial charge on any atom is 0.225 e. The Hall–Kier alpha value is -1.07. The summed E-state index contributed by atoms with van der Waals surface area (Å²) < 4.78 is 1.71. The van der Waals surface area contributed by atoms with Gasteiger partial charge in [-0.15, -0.1) is 12.4 Å². The quantitative estimate of drug-likeness (QED) is 0.877. The monoisotopic (exact) mass is 302 g/mol. The van der Waals surface area contributed by atoms with E-state index in [9.17, 15) is 4.79 Å². The number of nitrogens with zero attached hydrogens (tertiary/aromatic N) is 2. The third-order valence-electron chi connectivity index (χ3n) is 2.74. The Balaban J connectivity index is 0.00000361. The van der Waals surface area contributed by atoms with Gasteiger partial charge in [-0.1, -0.05) is 20.8 Å². The van der Waals surface area contributed by atoms with Gasteiger partial charge in [0.05, 0.1) is 5.69 Å². The predicted molar refractivity (Wildman–Crippen MR) is 85.1 cm³/mol. The summed E-state index contributed by atoms with van der Waals surface area (Å²) in [5, 5.41) is 7.30. The fourth-order valence-corrected chi connectivity index (χ4v) is 1.84. The lowest BCUT2D eigenvalue weighted by Crippen LogP contribution is -2.20. The highest BCUT2D eigenvalue weighted by Crippen LogP contribution is 2.21. The van der Waals surface area contributed by atoms with Gasteiger partial charge in [-0.05, 0) is 25.2 Å². The molecule has 1 aromatic rings. The van der Waals surface area contributed by atoms with Crippen molar-refractivity contribution in [1.29, 1.82) is 0 Å². The van der Waals surface area contributed by atoms with Crippen molar-refractivity contribution < 1.29 is 4.79 Å². The van der Waals surface area contributed by atoms with Crippen LogP contribution < -0.4 is 11.1 Å². The van der Waals surface area contributed by atoms with Crippen LogP contribution in [0.4, 0.5) is 5.82 Å². The lowest BCUT2D eigenvalue weighted by atomic mass is 9.91. The second-order valence-electron chi connectivity index (χ2n) is 6.45. The number of halogens is 1. The van der Waals surface area contributed by atoms with Crippen molar-refractivity contribution in [3.05, 3.63) is 11.8 Å². The van der Waals surface area contributed by atoms with E-state index in [1.54, 1.807) is 4.68 Å². The molecule has 0 aliphatic rings. The van der Waals surface area contributed by atoms with Crippen LogP contribution in [-0.4, -0.2) is 21.7 Å². The van der Waals surface area contributed by atoms with Crippen molar-refractivity contribution in [2.75, 3.05) is 5.32 Å². The van der Waals surface area contributed by atoms with Gasteiger partial charge in [0.25, 0.3) is 0 Å². The Morgan fingerprint density at radius 3 is 2.60 bits per heavy atom. The van der Waals surface area contributed by atoms with Gasteiger partial charge >= 0.3 is 0 Å². The minimum absolute atomic E-state index is 0. The van der Waals surface area contributed by atoms with E-state index in [2.05, 4.69) is 31.2 Å². The maximum atomic E-state index is 11.8. The molecule has 1 atom stereocenters. The van der Waals surface area contributed by atoms with Crippen LogP contribution in [0.5, 0.6) is 0 Å². The van der Waals surface area contributed by atoms with Crippen LogP contribution in [0.25, 0.3) is 0 Å². The highest BCUT2D eigenvalue weighted by Gasteiger charge is 2.15. The number of aromatic nitrogens is 2. The van der Waals surface area contributed by atoms with E-state index in [0.29, 0.717) is 12.8 Å². The zero-order valence-corrected chi connectivity index (χ0v) is 13.9. The topological polar surface area (TPSA) is 72.9 Å². The normalized spacial score (nSPS) is 12.7. The number of rotatable bonds is 5. The molecule has 0 saturated carbocycles. The van der Waals surface area contributed by atoms with Gasteiger partial charge in [0.1, 0.15) is 5.82 Å². The van der Waals surface area contributed by atoms with Crippen LogP contribution in [-0.2, 0) is 18.3 Å². The first-order valence-electron chi connectivity index (χ1n) is 6.76.